The van der Waals surface area contributed by atoms with Gasteiger partial charge in [-0.25, -0.2) is 0 Å². The van der Waals surface area contributed by atoms with Crippen molar-refractivity contribution in [1.82, 2.24) is 5.32 Å². The van der Waals surface area contributed by atoms with Crippen molar-refractivity contribution in [2.24, 2.45) is 0 Å². The first-order valence-electron chi connectivity index (χ1n) is 6.17. The van der Waals surface area contributed by atoms with Crippen molar-refractivity contribution in [3.05, 3.63) is 23.7 Å². The third kappa shape index (κ3) is 2.66. The standard InChI is InChI=1S/C13H21NO2/c1-9-7-8-13(16-9)10(2)14-11-5-3-4-6-12(11)15/h7-8,10-12,14-15H,3-6H2,1-2H3/t10?,11-,12-/m0/s1. The molecule has 1 aromatic heterocycles. The Morgan fingerprint density at radius 3 is 2.75 bits per heavy atom. The second kappa shape index (κ2) is 5.02. The average Bonchev–Trinajstić information content (AvgIpc) is 2.68. The zero-order valence-electron chi connectivity index (χ0n) is 10.1. The highest BCUT2D eigenvalue weighted by Gasteiger charge is 2.25. The Morgan fingerprint density at radius 2 is 2.12 bits per heavy atom. The first kappa shape index (κ1) is 11.7. The van der Waals surface area contributed by atoms with Crippen LogP contribution in [0.5, 0.6) is 0 Å². The van der Waals surface area contributed by atoms with Crippen LogP contribution in [0.15, 0.2) is 16.5 Å². The molecule has 0 spiro atoms. The first-order valence-corrected chi connectivity index (χ1v) is 6.17. The molecule has 1 aromatic rings. The van der Waals surface area contributed by atoms with Gasteiger partial charge in [0.15, 0.2) is 0 Å². The molecule has 0 aliphatic heterocycles. The van der Waals surface area contributed by atoms with Gasteiger partial charge in [0.05, 0.1) is 12.1 Å². The van der Waals surface area contributed by atoms with Gasteiger partial charge in [-0.1, -0.05) is 12.8 Å². The van der Waals surface area contributed by atoms with Crippen LogP contribution >= 0.6 is 0 Å². The maximum atomic E-state index is 9.88. The van der Waals surface area contributed by atoms with Crippen molar-refractivity contribution in [2.45, 2.75) is 57.7 Å². The molecule has 1 unspecified atom stereocenters. The van der Waals surface area contributed by atoms with E-state index < -0.39 is 0 Å². The molecule has 1 saturated carbocycles. The van der Waals surface area contributed by atoms with E-state index in [9.17, 15) is 5.11 Å². The fourth-order valence-electron chi connectivity index (χ4n) is 2.40. The molecule has 90 valence electrons. The predicted octanol–water partition coefficient (Wildman–Crippen LogP) is 2.54. The summed E-state index contributed by atoms with van der Waals surface area (Å²) in [7, 11) is 0. The molecule has 2 rings (SSSR count). The van der Waals surface area contributed by atoms with Gasteiger partial charge < -0.3 is 14.8 Å². The number of hydrogen-bond donors (Lipinski definition) is 2. The van der Waals surface area contributed by atoms with Gasteiger partial charge >= 0.3 is 0 Å². The fourth-order valence-corrected chi connectivity index (χ4v) is 2.40. The highest BCUT2D eigenvalue weighted by molar-refractivity contribution is 5.09. The maximum Gasteiger partial charge on any atom is 0.120 e. The molecule has 16 heavy (non-hydrogen) atoms. The van der Waals surface area contributed by atoms with Crippen LogP contribution in [0.2, 0.25) is 0 Å². The van der Waals surface area contributed by atoms with E-state index >= 15 is 0 Å². The summed E-state index contributed by atoms with van der Waals surface area (Å²) in [6.45, 7) is 4.03. The van der Waals surface area contributed by atoms with Crippen molar-refractivity contribution in [1.29, 1.82) is 0 Å². The van der Waals surface area contributed by atoms with Crippen LogP contribution in [0.4, 0.5) is 0 Å². The number of nitrogens with one attached hydrogen (secondary N) is 1. The molecule has 0 radical (unpaired) electrons. The summed E-state index contributed by atoms with van der Waals surface area (Å²) in [5.74, 6) is 1.89. The van der Waals surface area contributed by atoms with Gasteiger partial charge in [0.25, 0.3) is 0 Å². The number of hydrogen-bond acceptors (Lipinski definition) is 3. The van der Waals surface area contributed by atoms with E-state index in [4.69, 9.17) is 4.42 Å². The first-order chi connectivity index (χ1) is 7.66. The minimum Gasteiger partial charge on any atom is -0.465 e. The molecule has 0 saturated heterocycles. The lowest BCUT2D eigenvalue weighted by atomic mass is 9.92. The number of furan rings is 1. The molecule has 1 aliphatic rings. The normalized spacial score (nSPS) is 27.9. The van der Waals surface area contributed by atoms with E-state index in [-0.39, 0.29) is 18.2 Å². The summed E-state index contributed by atoms with van der Waals surface area (Å²) >= 11 is 0. The monoisotopic (exact) mass is 223 g/mol. The zero-order chi connectivity index (χ0) is 11.5. The Labute approximate surface area is 96.8 Å². The third-order valence-corrected chi connectivity index (χ3v) is 3.38. The van der Waals surface area contributed by atoms with Crippen molar-refractivity contribution in [3.63, 3.8) is 0 Å². The second-order valence-electron chi connectivity index (χ2n) is 4.80. The Morgan fingerprint density at radius 1 is 1.38 bits per heavy atom. The minimum absolute atomic E-state index is 0.173. The van der Waals surface area contributed by atoms with E-state index in [1.54, 1.807) is 0 Å². The van der Waals surface area contributed by atoms with Gasteiger partial charge in [0.2, 0.25) is 0 Å². The lowest BCUT2D eigenvalue weighted by Gasteiger charge is -2.30. The number of aryl methyl sites for hydroxylation is 1. The highest BCUT2D eigenvalue weighted by Crippen LogP contribution is 2.22. The average molecular weight is 223 g/mol. The van der Waals surface area contributed by atoms with Gasteiger partial charge in [-0.2, -0.15) is 0 Å². The molecular formula is C13H21NO2. The van der Waals surface area contributed by atoms with Crippen LogP contribution in [-0.4, -0.2) is 17.3 Å². The molecule has 0 bridgehead atoms. The summed E-state index contributed by atoms with van der Waals surface area (Å²) in [5, 5.41) is 13.3. The van der Waals surface area contributed by atoms with Crippen LogP contribution < -0.4 is 5.32 Å². The van der Waals surface area contributed by atoms with E-state index in [0.717, 1.165) is 30.8 Å². The van der Waals surface area contributed by atoms with Crippen molar-refractivity contribution in [3.8, 4) is 0 Å². The van der Waals surface area contributed by atoms with Gasteiger partial charge in [0.1, 0.15) is 11.5 Å². The van der Waals surface area contributed by atoms with Crippen LogP contribution in [0, 0.1) is 6.92 Å². The van der Waals surface area contributed by atoms with Gasteiger partial charge in [0, 0.05) is 6.04 Å². The molecule has 1 heterocycles. The van der Waals surface area contributed by atoms with Crippen LogP contribution in [-0.2, 0) is 0 Å². The van der Waals surface area contributed by atoms with E-state index in [2.05, 4.69) is 12.2 Å². The summed E-state index contributed by atoms with van der Waals surface area (Å²) < 4.78 is 5.58. The van der Waals surface area contributed by atoms with Gasteiger partial charge in [-0.05, 0) is 38.8 Å². The molecule has 3 heteroatoms. The van der Waals surface area contributed by atoms with Gasteiger partial charge in [-0.15, -0.1) is 0 Å². The van der Waals surface area contributed by atoms with Gasteiger partial charge in [-0.3, -0.25) is 0 Å². The number of rotatable bonds is 3. The quantitative estimate of drug-likeness (QED) is 0.827. The van der Waals surface area contributed by atoms with Crippen molar-refractivity contribution >= 4 is 0 Å². The minimum atomic E-state index is -0.202. The highest BCUT2D eigenvalue weighted by atomic mass is 16.3. The molecular weight excluding hydrogens is 202 g/mol. The van der Waals surface area contributed by atoms with Crippen LogP contribution in [0.25, 0.3) is 0 Å². The summed E-state index contributed by atoms with van der Waals surface area (Å²) in [6, 6.07) is 4.37. The zero-order valence-corrected chi connectivity index (χ0v) is 10.1. The number of aliphatic hydroxyl groups is 1. The smallest absolute Gasteiger partial charge is 0.120 e. The molecule has 1 aliphatic carbocycles. The van der Waals surface area contributed by atoms with Crippen molar-refractivity contribution < 1.29 is 9.52 Å². The Balaban J connectivity index is 1.93. The summed E-state index contributed by atoms with van der Waals surface area (Å²) in [4.78, 5) is 0. The summed E-state index contributed by atoms with van der Waals surface area (Å²) in [5.41, 5.74) is 0. The predicted molar refractivity (Wildman–Crippen MR) is 63.3 cm³/mol. The Kier molecular flexibility index (Phi) is 3.66. The van der Waals surface area contributed by atoms with Crippen molar-refractivity contribution in [2.75, 3.05) is 0 Å². The SMILES string of the molecule is Cc1ccc(C(C)N[C@H]2CCCC[C@@H]2O)o1. The summed E-state index contributed by atoms with van der Waals surface area (Å²) in [6.07, 6.45) is 4.13. The lowest BCUT2D eigenvalue weighted by Crippen LogP contribution is -2.43. The lowest BCUT2D eigenvalue weighted by molar-refractivity contribution is 0.0844. The van der Waals surface area contributed by atoms with Crippen LogP contribution in [0.1, 0.15) is 50.2 Å². The van der Waals surface area contributed by atoms with E-state index in [1.807, 2.05) is 19.1 Å². The molecule has 3 atom stereocenters. The molecule has 0 aromatic carbocycles. The Bertz CT molecular complexity index is 334. The number of aliphatic hydroxyl groups excluding tert-OH is 1. The maximum absolute atomic E-state index is 9.88. The molecule has 0 amide bonds. The molecule has 3 nitrogen and oxygen atoms in total. The topological polar surface area (TPSA) is 45.4 Å². The molecule has 1 fully saturated rings. The van der Waals surface area contributed by atoms with E-state index in [0.29, 0.717) is 0 Å². The van der Waals surface area contributed by atoms with Crippen LogP contribution in [0.3, 0.4) is 0 Å². The fraction of sp³-hybridized carbons (Fsp3) is 0.692. The largest absolute Gasteiger partial charge is 0.465 e. The molecule has 2 N–H and O–H groups in total. The Hall–Kier alpha value is -0.800. The second-order valence-corrected chi connectivity index (χ2v) is 4.80. The third-order valence-electron chi connectivity index (χ3n) is 3.38. The van der Waals surface area contributed by atoms with E-state index in [1.165, 1.54) is 6.42 Å².